The molecule has 3 rings (SSSR count). The minimum atomic E-state index is -0.0245. The van der Waals surface area contributed by atoms with Gasteiger partial charge in [-0.25, -0.2) is 0 Å². The Bertz CT molecular complexity index is 782. The van der Waals surface area contributed by atoms with Crippen LogP contribution in [0.15, 0.2) is 48.5 Å². The van der Waals surface area contributed by atoms with Crippen LogP contribution in [0.25, 0.3) is 0 Å². The zero-order valence-corrected chi connectivity index (χ0v) is 14.7. The summed E-state index contributed by atoms with van der Waals surface area (Å²) in [6.07, 6.45) is 1.89. The van der Waals surface area contributed by atoms with Crippen molar-refractivity contribution < 1.29 is 4.79 Å². The lowest BCUT2D eigenvalue weighted by molar-refractivity contribution is -0.121. The average molecular weight is 354 g/mol. The molecule has 5 heteroatoms. The Hall–Kier alpha value is -2.35. The SMILES string of the molecule is N#Cc1cccc(CN2CCCC(C(=O)Nc3ccc(Cl)cc3)C2)c1. The summed E-state index contributed by atoms with van der Waals surface area (Å²) in [5.41, 5.74) is 2.55. The number of halogens is 1. The molecule has 0 aromatic heterocycles. The van der Waals surface area contributed by atoms with Crippen LogP contribution in [0.3, 0.4) is 0 Å². The molecular weight excluding hydrogens is 334 g/mol. The topological polar surface area (TPSA) is 56.1 Å². The molecule has 0 saturated carbocycles. The maximum atomic E-state index is 12.5. The number of likely N-dealkylation sites (tertiary alicyclic amines) is 1. The largest absolute Gasteiger partial charge is 0.326 e. The lowest BCUT2D eigenvalue weighted by Crippen LogP contribution is -2.40. The quantitative estimate of drug-likeness (QED) is 0.901. The molecule has 4 nitrogen and oxygen atoms in total. The Balaban J connectivity index is 1.59. The van der Waals surface area contributed by atoms with Crippen molar-refractivity contribution in [3.63, 3.8) is 0 Å². The number of nitriles is 1. The van der Waals surface area contributed by atoms with Crippen LogP contribution in [0, 0.1) is 17.2 Å². The first-order valence-electron chi connectivity index (χ1n) is 8.42. The molecule has 0 spiro atoms. The summed E-state index contributed by atoms with van der Waals surface area (Å²) in [6.45, 7) is 2.47. The molecule has 1 atom stereocenters. The molecule has 1 heterocycles. The number of benzene rings is 2. The predicted octanol–water partition coefficient (Wildman–Crippen LogP) is 4.06. The highest BCUT2D eigenvalue weighted by Crippen LogP contribution is 2.21. The van der Waals surface area contributed by atoms with Crippen molar-refractivity contribution in [1.29, 1.82) is 5.26 Å². The summed E-state index contributed by atoms with van der Waals surface area (Å²) in [4.78, 5) is 14.8. The molecule has 0 aliphatic carbocycles. The second kappa shape index (κ2) is 8.15. The summed E-state index contributed by atoms with van der Waals surface area (Å²) in [6, 6.07) is 17.0. The molecule has 2 aromatic rings. The fraction of sp³-hybridized carbons (Fsp3) is 0.300. The van der Waals surface area contributed by atoms with E-state index in [1.165, 1.54) is 0 Å². The highest BCUT2D eigenvalue weighted by molar-refractivity contribution is 6.30. The normalized spacial score (nSPS) is 17.7. The van der Waals surface area contributed by atoms with Crippen LogP contribution in [0.4, 0.5) is 5.69 Å². The van der Waals surface area contributed by atoms with Gasteiger partial charge in [0.15, 0.2) is 0 Å². The average Bonchev–Trinajstić information content (AvgIpc) is 2.64. The third-order valence-corrected chi connectivity index (χ3v) is 4.70. The van der Waals surface area contributed by atoms with Crippen molar-refractivity contribution in [3.05, 3.63) is 64.7 Å². The molecule has 1 fully saturated rings. The standard InChI is InChI=1S/C20H20ClN3O/c21-18-6-8-19(9-7-18)23-20(25)17-5-2-10-24(14-17)13-16-4-1-3-15(11-16)12-22/h1,3-4,6-9,11,17H,2,5,10,13-14H2,(H,23,25). The lowest BCUT2D eigenvalue weighted by Gasteiger charge is -2.32. The second-order valence-electron chi connectivity index (χ2n) is 6.38. The van der Waals surface area contributed by atoms with Crippen molar-refractivity contribution in [1.82, 2.24) is 4.90 Å². The summed E-state index contributed by atoms with van der Waals surface area (Å²) in [5.74, 6) is 0.0291. The Morgan fingerprint density at radius 3 is 2.84 bits per heavy atom. The van der Waals surface area contributed by atoms with E-state index in [-0.39, 0.29) is 11.8 Å². The van der Waals surface area contributed by atoms with Gasteiger partial charge < -0.3 is 5.32 Å². The minimum Gasteiger partial charge on any atom is -0.326 e. The molecule has 128 valence electrons. The smallest absolute Gasteiger partial charge is 0.228 e. The molecule has 0 radical (unpaired) electrons. The number of hydrogen-bond acceptors (Lipinski definition) is 3. The van der Waals surface area contributed by atoms with E-state index in [1.807, 2.05) is 36.4 Å². The number of nitrogens with zero attached hydrogens (tertiary/aromatic N) is 2. The van der Waals surface area contributed by atoms with Gasteiger partial charge in [-0.15, -0.1) is 0 Å². The summed E-state index contributed by atoms with van der Waals surface area (Å²) < 4.78 is 0. The zero-order valence-electron chi connectivity index (χ0n) is 13.9. The van der Waals surface area contributed by atoms with E-state index in [1.54, 1.807) is 12.1 Å². The van der Waals surface area contributed by atoms with Gasteiger partial charge in [-0.2, -0.15) is 5.26 Å². The highest BCUT2D eigenvalue weighted by atomic mass is 35.5. The predicted molar refractivity (Wildman–Crippen MR) is 99.2 cm³/mol. The van der Waals surface area contributed by atoms with Crippen LogP contribution in [-0.4, -0.2) is 23.9 Å². The fourth-order valence-electron chi connectivity index (χ4n) is 3.19. The van der Waals surface area contributed by atoms with E-state index in [9.17, 15) is 4.79 Å². The van der Waals surface area contributed by atoms with Crippen molar-refractivity contribution in [2.24, 2.45) is 5.92 Å². The Morgan fingerprint density at radius 1 is 1.28 bits per heavy atom. The van der Waals surface area contributed by atoms with Crippen LogP contribution < -0.4 is 5.32 Å². The summed E-state index contributed by atoms with van der Waals surface area (Å²) in [5, 5.41) is 12.6. The number of nitrogens with one attached hydrogen (secondary N) is 1. The van der Waals surface area contributed by atoms with Gasteiger partial charge in [-0.05, 0) is 61.3 Å². The molecule has 1 aliphatic rings. The van der Waals surface area contributed by atoms with Crippen LogP contribution in [0.1, 0.15) is 24.0 Å². The van der Waals surface area contributed by atoms with Crippen LogP contribution >= 0.6 is 11.6 Å². The molecule has 25 heavy (non-hydrogen) atoms. The number of hydrogen-bond donors (Lipinski definition) is 1. The van der Waals surface area contributed by atoms with E-state index in [4.69, 9.17) is 16.9 Å². The first kappa shape index (κ1) is 17.5. The number of rotatable bonds is 4. The summed E-state index contributed by atoms with van der Waals surface area (Å²) in [7, 11) is 0. The Kier molecular flexibility index (Phi) is 5.70. The van der Waals surface area contributed by atoms with Crippen molar-refractivity contribution in [3.8, 4) is 6.07 Å². The molecular formula is C20H20ClN3O. The van der Waals surface area contributed by atoms with Gasteiger partial charge in [0, 0.05) is 23.8 Å². The van der Waals surface area contributed by atoms with E-state index < -0.39 is 0 Å². The molecule has 2 aromatic carbocycles. The van der Waals surface area contributed by atoms with E-state index in [2.05, 4.69) is 16.3 Å². The molecule has 0 bridgehead atoms. The maximum absolute atomic E-state index is 12.5. The third-order valence-electron chi connectivity index (χ3n) is 4.45. The molecule has 1 N–H and O–H groups in total. The number of carbonyl (C=O) groups excluding carboxylic acids is 1. The Labute approximate surface area is 153 Å². The lowest BCUT2D eigenvalue weighted by atomic mass is 9.96. The van der Waals surface area contributed by atoms with Crippen LogP contribution in [0.2, 0.25) is 5.02 Å². The maximum Gasteiger partial charge on any atom is 0.228 e. The van der Waals surface area contributed by atoms with Crippen LogP contribution in [0.5, 0.6) is 0 Å². The van der Waals surface area contributed by atoms with Gasteiger partial charge in [0.05, 0.1) is 17.6 Å². The van der Waals surface area contributed by atoms with Crippen molar-refractivity contribution in [2.45, 2.75) is 19.4 Å². The van der Waals surface area contributed by atoms with E-state index in [0.717, 1.165) is 43.7 Å². The van der Waals surface area contributed by atoms with Gasteiger partial charge >= 0.3 is 0 Å². The number of piperidine rings is 1. The highest BCUT2D eigenvalue weighted by Gasteiger charge is 2.25. The Morgan fingerprint density at radius 2 is 2.08 bits per heavy atom. The van der Waals surface area contributed by atoms with Gasteiger partial charge in [0.2, 0.25) is 5.91 Å². The molecule has 1 aliphatic heterocycles. The zero-order chi connectivity index (χ0) is 17.6. The van der Waals surface area contributed by atoms with Crippen molar-refractivity contribution >= 4 is 23.2 Å². The van der Waals surface area contributed by atoms with Crippen molar-refractivity contribution in [2.75, 3.05) is 18.4 Å². The fourth-order valence-corrected chi connectivity index (χ4v) is 3.31. The van der Waals surface area contributed by atoms with Gasteiger partial charge in [0.25, 0.3) is 0 Å². The number of amides is 1. The van der Waals surface area contributed by atoms with E-state index in [0.29, 0.717) is 10.6 Å². The van der Waals surface area contributed by atoms with Gasteiger partial charge in [-0.3, -0.25) is 9.69 Å². The number of anilines is 1. The minimum absolute atomic E-state index is 0.0245. The summed E-state index contributed by atoms with van der Waals surface area (Å²) >= 11 is 5.88. The number of carbonyl (C=O) groups is 1. The second-order valence-corrected chi connectivity index (χ2v) is 6.82. The molecule has 1 unspecified atom stereocenters. The monoisotopic (exact) mass is 353 g/mol. The van der Waals surface area contributed by atoms with Gasteiger partial charge in [0.1, 0.15) is 0 Å². The van der Waals surface area contributed by atoms with E-state index >= 15 is 0 Å². The first-order valence-corrected chi connectivity index (χ1v) is 8.79. The van der Waals surface area contributed by atoms with Gasteiger partial charge in [-0.1, -0.05) is 23.7 Å². The molecule has 1 saturated heterocycles. The molecule has 1 amide bonds. The van der Waals surface area contributed by atoms with Crippen LogP contribution in [-0.2, 0) is 11.3 Å². The first-order chi connectivity index (χ1) is 12.1. The third kappa shape index (κ3) is 4.82.